The van der Waals surface area contributed by atoms with Gasteiger partial charge in [0.25, 0.3) is 11.0 Å². The Kier molecular flexibility index (Phi) is 9.89. The molecule has 12 nitrogen and oxygen atoms in total. The molecule has 192 valence electrons. The van der Waals surface area contributed by atoms with Crippen LogP contribution in [0.2, 0.25) is 0 Å². The van der Waals surface area contributed by atoms with Crippen molar-refractivity contribution in [3.8, 4) is 11.5 Å². The number of aromatic hydroxyl groups is 2. The zero-order valence-electron chi connectivity index (χ0n) is 19.4. The van der Waals surface area contributed by atoms with Crippen LogP contribution in [-0.2, 0) is 39.9 Å². The average molecular weight is 512 g/mol. The van der Waals surface area contributed by atoms with E-state index >= 15 is 0 Å². The summed E-state index contributed by atoms with van der Waals surface area (Å²) in [5.41, 5.74) is 5.10. The molecule has 0 saturated carbocycles. The molecular weight excluding hydrogens is 482 g/mol. The third kappa shape index (κ3) is 8.44. The minimum Gasteiger partial charge on any atom is -0.504 e. The Hall–Kier alpha value is -3.32. The minimum absolute atomic E-state index is 0.000207. The largest absolute Gasteiger partial charge is 0.504 e. The molecule has 1 aromatic carbocycles. The fourth-order valence-corrected chi connectivity index (χ4v) is 3.63. The van der Waals surface area contributed by atoms with Gasteiger partial charge in [-0.1, -0.05) is 31.7 Å². The summed E-state index contributed by atoms with van der Waals surface area (Å²) in [6, 6.07) is 2.88. The molecule has 2 rings (SSSR count). The number of nitrogens with two attached hydrogens (primary N) is 1. The quantitative estimate of drug-likeness (QED) is 0.185. The summed E-state index contributed by atoms with van der Waals surface area (Å²) in [4.78, 5) is 61.3. The smallest absolute Gasteiger partial charge is 0.386 e. The fraction of sp³-hybridized carbons (Fsp3) is 0.500. The molecule has 0 unspecified atom stereocenters. The Bertz CT molecular complexity index is 983. The number of ether oxygens (including phenoxy) is 2. The van der Waals surface area contributed by atoms with Gasteiger partial charge in [-0.15, -0.1) is 0 Å². The van der Waals surface area contributed by atoms with Crippen LogP contribution in [0.1, 0.15) is 25.8 Å². The maximum Gasteiger partial charge on any atom is 0.386 e. The molecule has 0 bridgehead atoms. The van der Waals surface area contributed by atoms with Crippen LogP contribution in [0.4, 0.5) is 0 Å². The number of benzene rings is 1. The fourth-order valence-electron chi connectivity index (χ4n) is 3.07. The number of phenolic OH excluding ortho intramolecular Hbond substituents is 2. The molecular formula is C22H29N3O9S. The van der Waals surface area contributed by atoms with E-state index in [0.717, 1.165) is 0 Å². The lowest BCUT2D eigenvalue weighted by molar-refractivity contribution is -0.170. The number of phenols is 2. The number of nitrogens with one attached hydrogen (secondary N) is 2. The molecule has 1 saturated heterocycles. The van der Waals surface area contributed by atoms with Crippen molar-refractivity contribution in [2.45, 2.75) is 38.8 Å². The first kappa shape index (κ1) is 27.9. The van der Waals surface area contributed by atoms with E-state index in [-0.39, 0.29) is 55.7 Å². The van der Waals surface area contributed by atoms with Crippen LogP contribution in [0.5, 0.6) is 11.5 Å². The summed E-state index contributed by atoms with van der Waals surface area (Å²) in [6.07, 6.45) is -1.51. The van der Waals surface area contributed by atoms with E-state index in [1.165, 1.54) is 32.0 Å². The summed E-state index contributed by atoms with van der Waals surface area (Å²) < 4.78 is 10.5. The van der Waals surface area contributed by atoms with E-state index in [2.05, 4.69) is 10.6 Å². The maximum absolute atomic E-state index is 12.8. The van der Waals surface area contributed by atoms with Gasteiger partial charge in [-0.3, -0.25) is 19.2 Å². The number of hydrogen-bond acceptors (Lipinski definition) is 11. The number of cyclic esters (lactones) is 1. The SMILES string of the molecule is CC(C)(COC(=O)[C@@H](N)Cc1ccc(O)c(O)c1)[C@H]1OC(=O)C(=O)SCCNC(=O)CCNC1=O. The van der Waals surface area contributed by atoms with E-state index in [0.29, 0.717) is 17.3 Å². The van der Waals surface area contributed by atoms with E-state index in [9.17, 15) is 34.2 Å². The molecule has 1 fully saturated rings. The highest BCUT2D eigenvalue weighted by Crippen LogP contribution is 2.27. The number of thioether (sulfide) groups is 1. The van der Waals surface area contributed by atoms with Gasteiger partial charge in [0.2, 0.25) is 5.91 Å². The molecule has 1 aromatic rings. The highest BCUT2D eigenvalue weighted by Gasteiger charge is 2.41. The zero-order valence-corrected chi connectivity index (χ0v) is 20.2. The van der Waals surface area contributed by atoms with Crippen LogP contribution in [0.3, 0.4) is 0 Å². The summed E-state index contributed by atoms with van der Waals surface area (Å²) in [5.74, 6) is -3.65. The van der Waals surface area contributed by atoms with E-state index < -0.39 is 40.5 Å². The van der Waals surface area contributed by atoms with Crippen molar-refractivity contribution in [2.75, 3.05) is 25.4 Å². The third-order valence-corrected chi connectivity index (χ3v) is 5.87. The molecule has 0 radical (unpaired) electrons. The van der Waals surface area contributed by atoms with Crippen LogP contribution in [0.25, 0.3) is 0 Å². The molecule has 0 aliphatic carbocycles. The van der Waals surface area contributed by atoms with Gasteiger partial charge in [0.15, 0.2) is 17.6 Å². The third-order valence-electron chi connectivity index (χ3n) is 5.03. The summed E-state index contributed by atoms with van der Waals surface area (Å²) in [6.45, 7) is 2.77. The van der Waals surface area contributed by atoms with Crippen molar-refractivity contribution in [3.05, 3.63) is 23.8 Å². The van der Waals surface area contributed by atoms with Crippen LogP contribution >= 0.6 is 11.8 Å². The Morgan fingerprint density at radius 2 is 1.91 bits per heavy atom. The van der Waals surface area contributed by atoms with Gasteiger partial charge in [-0.2, -0.15) is 0 Å². The maximum atomic E-state index is 12.8. The van der Waals surface area contributed by atoms with Crippen molar-refractivity contribution >= 4 is 40.6 Å². The molecule has 6 N–H and O–H groups in total. The second-order valence-electron chi connectivity index (χ2n) is 8.54. The Labute approximate surface area is 205 Å². The van der Waals surface area contributed by atoms with Crippen LogP contribution < -0.4 is 16.4 Å². The second kappa shape index (κ2) is 12.4. The van der Waals surface area contributed by atoms with Crippen molar-refractivity contribution < 1.29 is 43.7 Å². The lowest BCUT2D eigenvalue weighted by Crippen LogP contribution is -2.50. The lowest BCUT2D eigenvalue weighted by atomic mass is 9.86. The van der Waals surface area contributed by atoms with E-state index in [1.807, 2.05) is 0 Å². The number of esters is 2. The van der Waals surface area contributed by atoms with Crippen molar-refractivity contribution in [1.82, 2.24) is 10.6 Å². The zero-order chi connectivity index (χ0) is 26.2. The molecule has 35 heavy (non-hydrogen) atoms. The molecule has 0 spiro atoms. The number of amides is 2. The van der Waals surface area contributed by atoms with Gasteiger partial charge in [-0.05, 0) is 24.1 Å². The number of hydrogen-bond donors (Lipinski definition) is 5. The van der Waals surface area contributed by atoms with Crippen LogP contribution in [-0.4, -0.2) is 76.7 Å². The highest BCUT2D eigenvalue weighted by molar-refractivity contribution is 8.15. The van der Waals surface area contributed by atoms with Gasteiger partial charge in [0.05, 0.1) is 0 Å². The first-order valence-corrected chi connectivity index (χ1v) is 11.7. The Morgan fingerprint density at radius 3 is 2.60 bits per heavy atom. The molecule has 1 aliphatic heterocycles. The van der Waals surface area contributed by atoms with Crippen LogP contribution in [0, 0.1) is 5.41 Å². The molecule has 0 aromatic heterocycles. The van der Waals surface area contributed by atoms with Crippen molar-refractivity contribution in [2.24, 2.45) is 11.1 Å². The predicted octanol–water partition coefficient (Wildman–Crippen LogP) is -0.655. The predicted molar refractivity (Wildman–Crippen MR) is 124 cm³/mol. The molecule has 1 heterocycles. The summed E-state index contributed by atoms with van der Waals surface area (Å²) >= 11 is 0.651. The standard InChI is InChI=1S/C22H29N3O9S/c1-22(2,11-33-19(30)13(23)9-12-3-4-14(26)15(27)10-12)17-18(29)25-6-5-16(28)24-7-8-35-21(32)20(31)34-17/h3-4,10,13,17,26-27H,5-9,11,23H2,1-2H3,(H,24,28)(H,25,29)/t13-,17-/m0/s1. The average Bonchev–Trinajstić information content (AvgIpc) is 2.80. The van der Waals surface area contributed by atoms with E-state index in [1.54, 1.807) is 0 Å². The van der Waals surface area contributed by atoms with E-state index in [4.69, 9.17) is 15.2 Å². The highest BCUT2D eigenvalue weighted by atomic mass is 32.2. The van der Waals surface area contributed by atoms with Gasteiger partial charge in [0, 0.05) is 30.7 Å². The monoisotopic (exact) mass is 511 g/mol. The topological polar surface area (TPSA) is 194 Å². The number of rotatable bonds is 6. The number of carbonyl (C=O) groups excluding carboxylic acids is 5. The Balaban J connectivity index is 2.07. The molecule has 2 atom stereocenters. The lowest BCUT2D eigenvalue weighted by Gasteiger charge is -2.32. The summed E-state index contributed by atoms with van der Waals surface area (Å²) in [7, 11) is 0. The normalized spacial score (nSPS) is 19.2. The van der Waals surface area contributed by atoms with Gasteiger partial charge < -0.3 is 36.1 Å². The molecule has 2 amide bonds. The number of carbonyl (C=O) groups is 5. The first-order valence-electron chi connectivity index (χ1n) is 10.8. The molecule has 13 heteroatoms. The summed E-state index contributed by atoms with van der Waals surface area (Å²) in [5, 5.41) is 23.1. The Morgan fingerprint density at radius 1 is 1.20 bits per heavy atom. The minimum atomic E-state index is -1.50. The second-order valence-corrected chi connectivity index (χ2v) is 9.61. The first-order chi connectivity index (χ1) is 16.4. The van der Waals surface area contributed by atoms with Crippen molar-refractivity contribution in [1.29, 1.82) is 0 Å². The van der Waals surface area contributed by atoms with Gasteiger partial charge >= 0.3 is 11.9 Å². The van der Waals surface area contributed by atoms with Gasteiger partial charge in [-0.25, -0.2) is 4.79 Å². The van der Waals surface area contributed by atoms with Crippen LogP contribution in [0.15, 0.2) is 18.2 Å². The van der Waals surface area contributed by atoms with Crippen molar-refractivity contribution in [3.63, 3.8) is 0 Å². The van der Waals surface area contributed by atoms with Gasteiger partial charge in [0.1, 0.15) is 12.6 Å². The molecule has 1 aliphatic rings.